The summed E-state index contributed by atoms with van der Waals surface area (Å²) in [6.45, 7) is 1.79. The molecule has 5 nitrogen and oxygen atoms in total. The number of hydrogen-bond donors (Lipinski definition) is 2. The van der Waals surface area contributed by atoms with Gasteiger partial charge in [0.1, 0.15) is 12.4 Å². The van der Waals surface area contributed by atoms with Crippen molar-refractivity contribution in [2.45, 2.75) is 0 Å². The van der Waals surface area contributed by atoms with Crippen LogP contribution in [0.25, 0.3) is 0 Å². The van der Waals surface area contributed by atoms with Crippen molar-refractivity contribution in [3.8, 4) is 5.75 Å². The Labute approximate surface area is 94.3 Å². The number of benzene rings is 1. The standard InChI is InChI=1S/C11H16N2O3/c12-5-6-15-7-8-16-10-4-2-1-3-9(10)11(13)14/h1-4H,5-8,12H2,(H2,13,14). The van der Waals surface area contributed by atoms with Crippen LogP contribution in [0.1, 0.15) is 10.4 Å². The second kappa shape index (κ2) is 6.81. The van der Waals surface area contributed by atoms with Gasteiger partial charge in [-0.15, -0.1) is 0 Å². The van der Waals surface area contributed by atoms with Crippen LogP contribution in [-0.2, 0) is 4.74 Å². The SMILES string of the molecule is NCCOCCOc1ccccc1C(N)=O. The maximum absolute atomic E-state index is 11.1. The summed E-state index contributed by atoms with van der Waals surface area (Å²) in [7, 11) is 0. The Hall–Kier alpha value is -1.59. The van der Waals surface area contributed by atoms with Gasteiger partial charge in [-0.3, -0.25) is 4.79 Å². The van der Waals surface area contributed by atoms with Crippen LogP contribution < -0.4 is 16.2 Å². The molecular formula is C11H16N2O3. The van der Waals surface area contributed by atoms with Crippen molar-refractivity contribution in [3.63, 3.8) is 0 Å². The molecule has 0 radical (unpaired) electrons. The van der Waals surface area contributed by atoms with E-state index in [1.165, 1.54) is 0 Å². The van der Waals surface area contributed by atoms with Crippen molar-refractivity contribution in [2.75, 3.05) is 26.4 Å². The largest absolute Gasteiger partial charge is 0.490 e. The molecule has 1 rings (SSSR count). The van der Waals surface area contributed by atoms with Gasteiger partial charge in [0.05, 0.1) is 18.8 Å². The second-order valence-corrected chi connectivity index (χ2v) is 3.11. The van der Waals surface area contributed by atoms with Gasteiger partial charge in [-0.1, -0.05) is 12.1 Å². The Bertz CT molecular complexity index is 342. The van der Waals surface area contributed by atoms with Crippen molar-refractivity contribution in [1.82, 2.24) is 0 Å². The summed E-state index contributed by atoms with van der Waals surface area (Å²) >= 11 is 0. The third-order valence-electron chi connectivity index (χ3n) is 1.90. The molecule has 0 spiro atoms. The lowest BCUT2D eigenvalue weighted by Gasteiger charge is -2.09. The highest BCUT2D eigenvalue weighted by atomic mass is 16.5. The van der Waals surface area contributed by atoms with Crippen molar-refractivity contribution in [2.24, 2.45) is 11.5 Å². The van der Waals surface area contributed by atoms with E-state index in [9.17, 15) is 4.79 Å². The van der Waals surface area contributed by atoms with E-state index in [-0.39, 0.29) is 0 Å². The van der Waals surface area contributed by atoms with E-state index in [4.69, 9.17) is 20.9 Å². The molecule has 4 N–H and O–H groups in total. The first kappa shape index (κ1) is 12.5. The molecule has 0 unspecified atom stereocenters. The Balaban J connectivity index is 2.44. The van der Waals surface area contributed by atoms with Crippen LogP contribution in [0.15, 0.2) is 24.3 Å². The van der Waals surface area contributed by atoms with Crippen LogP contribution in [0, 0.1) is 0 Å². The molecule has 0 heterocycles. The van der Waals surface area contributed by atoms with E-state index in [0.717, 1.165) is 0 Å². The minimum atomic E-state index is -0.501. The summed E-state index contributed by atoms with van der Waals surface area (Å²) in [6, 6.07) is 6.84. The number of nitrogens with two attached hydrogens (primary N) is 2. The molecule has 88 valence electrons. The molecule has 0 aliphatic carbocycles. The van der Waals surface area contributed by atoms with Crippen molar-refractivity contribution >= 4 is 5.91 Å². The summed E-state index contributed by atoms with van der Waals surface area (Å²) in [5, 5.41) is 0. The van der Waals surface area contributed by atoms with Gasteiger partial charge in [-0.05, 0) is 12.1 Å². The van der Waals surface area contributed by atoms with Crippen molar-refractivity contribution in [3.05, 3.63) is 29.8 Å². The van der Waals surface area contributed by atoms with Gasteiger partial charge in [-0.2, -0.15) is 0 Å². The van der Waals surface area contributed by atoms with E-state index in [1.54, 1.807) is 24.3 Å². The molecule has 0 bridgehead atoms. The average molecular weight is 224 g/mol. The molecule has 0 saturated heterocycles. The highest BCUT2D eigenvalue weighted by Gasteiger charge is 2.07. The molecule has 0 atom stereocenters. The quantitative estimate of drug-likeness (QED) is 0.645. The number of ether oxygens (including phenoxy) is 2. The molecule has 16 heavy (non-hydrogen) atoms. The van der Waals surface area contributed by atoms with E-state index in [2.05, 4.69) is 0 Å². The summed E-state index contributed by atoms with van der Waals surface area (Å²) in [6.07, 6.45) is 0. The van der Waals surface area contributed by atoms with Crippen LogP contribution in [0.5, 0.6) is 5.75 Å². The van der Waals surface area contributed by atoms with Crippen LogP contribution in [0.3, 0.4) is 0 Å². The zero-order valence-electron chi connectivity index (χ0n) is 9.02. The molecule has 0 aliphatic heterocycles. The summed E-state index contributed by atoms with van der Waals surface area (Å²) in [5.74, 6) is -0.0233. The second-order valence-electron chi connectivity index (χ2n) is 3.11. The predicted molar refractivity (Wildman–Crippen MR) is 60.3 cm³/mol. The molecule has 1 aromatic rings. The van der Waals surface area contributed by atoms with Crippen LogP contribution in [0.2, 0.25) is 0 Å². The normalized spacial score (nSPS) is 10.1. The molecule has 0 fully saturated rings. The Morgan fingerprint density at radius 3 is 2.62 bits per heavy atom. The molecular weight excluding hydrogens is 208 g/mol. The third kappa shape index (κ3) is 3.88. The van der Waals surface area contributed by atoms with Crippen LogP contribution in [0.4, 0.5) is 0 Å². The lowest BCUT2D eigenvalue weighted by atomic mass is 10.2. The maximum atomic E-state index is 11.1. The highest BCUT2D eigenvalue weighted by Crippen LogP contribution is 2.16. The number of carbonyl (C=O) groups excluding carboxylic acids is 1. The molecule has 0 aromatic heterocycles. The zero-order valence-corrected chi connectivity index (χ0v) is 9.02. The molecule has 1 amide bonds. The fourth-order valence-electron chi connectivity index (χ4n) is 1.19. The van der Waals surface area contributed by atoms with E-state index in [0.29, 0.717) is 37.7 Å². The van der Waals surface area contributed by atoms with Crippen LogP contribution in [-0.4, -0.2) is 32.3 Å². The lowest BCUT2D eigenvalue weighted by Crippen LogP contribution is -2.16. The minimum Gasteiger partial charge on any atom is -0.490 e. The number of carbonyl (C=O) groups is 1. The summed E-state index contributed by atoms with van der Waals surface area (Å²) in [5.41, 5.74) is 10.8. The Morgan fingerprint density at radius 2 is 1.94 bits per heavy atom. The minimum absolute atomic E-state index is 0.365. The predicted octanol–water partition coefficient (Wildman–Crippen LogP) is 0.140. The van der Waals surface area contributed by atoms with Gasteiger partial charge in [0, 0.05) is 6.54 Å². The first-order chi connectivity index (χ1) is 7.75. The van der Waals surface area contributed by atoms with Gasteiger partial charge >= 0.3 is 0 Å². The lowest BCUT2D eigenvalue weighted by molar-refractivity contribution is 0.0972. The maximum Gasteiger partial charge on any atom is 0.252 e. The Kier molecular flexibility index (Phi) is 5.31. The number of amides is 1. The smallest absolute Gasteiger partial charge is 0.252 e. The fourth-order valence-corrected chi connectivity index (χ4v) is 1.19. The van der Waals surface area contributed by atoms with Gasteiger partial charge in [0.15, 0.2) is 0 Å². The molecule has 0 aliphatic rings. The number of primary amides is 1. The first-order valence-electron chi connectivity index (χ1n) is 5.05. The first-order valence-corrected chi connectivity index (χ1v) is 5.05. The van der Waals surface area contributed by atoms with E-state index < -0.39 is 5.91 Å². The highest BCUT2D eigenvalue weighted by molar-refractivity contribution is 5.95. The van der Waals surface area contributed by atoms with Gasteiger partial charge in [0.2, 0.25) is 0 Å². The molecule has 5 heteroatoms. The van der Waals surface area contributed by atoms with E-state index in [1.807, 2.05) is 0 Å². The third-order valence-corrected chi connectivity index (χ3v) is 1.90. The number of rotatable bonds is 7. The fraction of sp³-hybridized carbons (Fsp3) is 0.364. The van der Waals surface area contributed by atoms with Gasteiger partial charge in [-0.25, -0.2) is 0 Å². The summed E-state index contributed by atoms with van der Waals surface area (Å²) in [4.78, 5) is 11.1. The average Bonchev–Trinajstić information content (AvgIpc) is 2.29. The monoisotopic (exact) mass is 224 g/mol. The number of hydrogen-bond acceptors (Lipinski definition) is 4. The van der Waals surface area contributed by atoms with Crippen LogP contribution >= 0.6 is 0 Å². The van der Waals surface area contributed by atoms with Gasteiger partial charge < -0.3 is 20.9 Å². The summed E-state index contributed by atoms with van der Waals surface area (Å²) < 4.78 is 10.5. The Morgan fingerprint density at radius 1 is 1.19 bits per heavy atom. The molecule has 1 aromatic carbocycles. The van der Waals surface area contributed by atoms with Crippen molar-refractivity contribution < 1.29 is 14.3 Å². The zero-order chi connectivity index (χ0) is 11.8. The topological polar surface area (TPSA) is 87.6 Å². The van der Waals surface area contributed by atoms with E-state index >= 15 is 0 Å². The number of para-hydroxylation sites is 1. The van der Waals surface area contributed by atoms with Crippen molar-refractivity contribution in [1.29, 1.82) is 0 Å². The molecule has 0 saturated carbocycles. The van der Waals surface area contributed by atoms with Gasteiger partial charge in [0.25, 0.3) is 5.91 Å².